The molecule has 9 heteroatoms. The molecule has 3 fully saturated rings. The van der Waals surface area contributed by atoms with Crippen molar-refractivity contribution in [1.82, 2.24) is 14.9 Å². The van der Waals surface area contributed by atoms with Crippen molar-refractivity contribution in [1.29, 1.82) is 0 Å². The van der Waals surface area contributed by atoms with Crippen molar-refractivity contribution >= 4 is 27.6 Å². The fourth-order valence-corrected chi connectivity index (χ4v) is 5.92. The van der Waals surface area contributed by atoms with E-state index in [1.54, 1.807) is 12.1 Å². The maximum absolute atomic E-state index is 13.0. The minimum atomic E-state index is -3.27. The third kappa shape index (κ3) is 3.98. The summed E-state index contributed by atoms with van der Waals surface area (Å²) >= 11 is 0. The summed E-state index contributed by atoms with van der Waals surface area (Å²) in [5.74, 6) is 2.17. The lowest BCUT2D eigenvalue weighted by atomic mass is 10.1. The number of carbonyl (C=O) groups excluding carboxylic acids is 1. The highest BCUT2D eigenvalue weighted by Crippen LogP contribution is 2.44. The largest absolute Gasteiger partial charge is 0.353 e. The number of sulfonamides is 1. The molecule has 1 amide bonds. The van der Waals surface area contributed by atoms with Crippen molar-refractivity contribution in [2.45, 2.75) is 32.1 Å². The Bertz CT molecular complexity index is 1090. The van der Waals surface area contributed by atoms with Gasteiger partial charge in [-0.05, 0) is 55.4 Å². The number of hydrogen-bond donors (Lipinski definition) is 0. The van der Waals surface area contributed by atoms with Crippen LogP contribution in [0.4, 0.5) is 11.6 Å². The molecule has 5 rings (SSSR count). The minimum Gasteiger partial charge on any atom is -0.353 e. The van der Waals surface area contributed by atoms with E-state index in [2.05, 4.69) is 22.9 Å². The van der Waals surface area contributed by atoms with Gasteiger partial charge in [0.1, 0.15) is 11.6 Å². The van der Waals surface area contributed by atoms with Crippen LogP contribution in [-0.2, 0) is 10.0 Å². The molecule has 0 N–H and O–H groups in total. The van der Waals surface area contributed by atoms with Crippen LogP contribution >= 0.6 is 0 Å². The summed E-state index contributed by atoms with van der Waals surface area (Å²) in [5, 5.41) is 0. The summed E-state index contributed by atoms with van der Waals surface area (Å²) in [5.41, 5.74) is 3.02. The highest BCUT2D eigenvalue weighted by Gasteiger charge is 2.32. The number of aryl methyl sites for hydroxylation is 1. The molecule has 8 nitrogen and oxygen atoms in total. The molecule has 2 saturated heterocycles. The summed E-state index contributed by atoms with van der Waals surface area (Å²) < 4.78 is 25.5. The van der Waals surface area contributed by atoms with Crippen LogP contribution in [0.25, 0.3) is 0 Å². The van der Waals surface area contributed by atoms with Gasteiger partial charge in [0.15, 0.2) is 0 Å². The number of anilines is 2. The Kier molecular flexibility index (Phi) is 5.08. The van der Waals surface area contributed by atoms with Crippen LogP contribution in [0.15, 0.2) is 30.6 Å². The number of rotatable bonds is 4. The lowest BCUT2D eigenvalue weighted by molar-refractivity contribution is 0.0746. The fourth-order valence-electron chi connectivity index (χ4n) is 4.40. The number of hydrogen-bond acceptors (Lipinski definition) is 6. The van der Waals surface area contributed by atoms with Crippen molar-refractivity contribution in [3.05, 3.63) is 47.3 Å². The number of carbonyl (C=O) groups is 1. The van der Waals surface area contributed by atoms with Gasteiger partial charge in [-0.15, -0.1) is 0 Å². The molecule has 3 aliphatic rings. The molecule has 0 aromatic carbocycles. The van der Waals surface area contributed by atoms with Gasteiger partial charge in [-0.1, -0.05) is 6.07 Å². The maximum atomic E-state index is 13.0. The second-order valence-corrected chi connectivity index (χ2v) is 10.6. The average molecular weight is 442 g/mol. The summed E-state index contributed by atoms with van der Waals surface area (Å²) in [6, 6.07) is 5.56. The van der Waals surface area contributed by atoms with Crippen LogP contribution in [0, 0.1) is 6.92 Å². The highest BCUT2D eigenvalue weighted by molar-refractivity contribution is 7.93. The maximum Gasteiger partial charge on any atom is 0.255 e. The third-order valence-electron chi connectivity index (χ3n) is 6.27. The van der Waals surface area contributed by atoms with Crippen molar-refractivity contribution in [3.63, 3.8) is 0 Å². The predicted octanol–water partition coefficient (Wildman–Crippen LogP) is 2.16. The normalized spacial score (nSPS) is 20.9. The molecule has 2 aromatic rings. The molecule has 0 atom stereocenters. The summed E-state index contributed by atoms with van der Waals surface area (Å²) in [6.45, 7) is 5.28. The lowest BCUT2D eigenvalue weighted by Crippen LogP contribution is -2.49. The zero-order valence-electron chi connectivity index (χ0n) is 17.7. The van der Waals surface area contributed by atoms with E-state index in [1.807, 2.05) is 11.1 Å². The van der Waals surface area contributed by atoms with Crippen LogP contribution in [0.3, 0.4) is 0 Å². The molecule has 0 unspecified atom stereocenters. The SMILES string of the molecule is Cc1cnc(N2CCN(C(=O)c3ccc(N4CCCS4(=O)=O)nc3)CC2)c(C2CC2)c1. The van der Waals surface area contributed by atoms with E-state index in [1.165, 1.54) is 34.5 Å². The molecule has 0 radical (unpaired) electrons. The van der Waals surface area contributed by atoms with E-state index < -0.39 is 10.0 Å². The molecule has 0 spiro atoms. The summed E-state index contributed by atoms with van der Waals surface area (Å²) in [7, 11) is -3.27. The van der Waals surface area contributed by atoms with Crippen molar-refractivity contribution in [2.24, 2.45) is 0 Å². The smallest absolute Gasteiger partial charge is 0.255 e. The fraction of sp³-hybridized carbons (Fsp3) is 0.500. The molecule has 2 aliphatic heterocycles. The molecule has 0 bridgehead atoms. The molecule has 31 heavy (non-hydrogen) atoms. The first-order valence-electron chi connectivity index (χ1n) is 10.9. The van der Waals surface area contributed by atoms with Crippen molar-refractivity contribution < 1.29 is 13.2 Å². The predicted molar refractivity (Wildman–Crippen MR) is 119 cm³/mol. The van der Waals surface area contributed by atoms with Crippen molar-refractivity contribution in [3.8, 4) is 0 Å². The summed E-state index contributed by atoms with van der Waals surface area (Å²) in [6.07, 6.45) is 6.49. The first kappa shape index (κ1) is 20.2. The van der Waals surface area contributed by atoms with Crippen LogP contribution in [-0.4, -0.2) is 67.7 Å². The van der Waals surface area contributed by atoms with Crippen LogP contribution in [0.1, 0.15) is 46.7 Å². The first-order valence-corrected chi connectivity index (χ1v) is 12.5. The first-order chi connectivity index (χ1) is 14.9. The van der Waals surface area contributed by atoms with Gasteiger partial charge in [0.05, 0.1) is 11.3 Å². The van der Waals surface area contributed by atoms with E-state index in [-0.39, 0.29) is 11.7 Å². The number of aromatic nitrogens is 2. The van der Waals surface area contributed by atoms with Gasteiger partial charge in [-0.2, -0.15) is 0 Å². The monoisotopic (exact) mass is 441 g/mol. The minimum absolute atomic E-state index is 0.0674. The number of piperazine rings is 1. The van der Waals surface area contributed by atoms with E-state index in [9.17, 15) is 13.2 Å². The topological polar surface area (TPSA) is 86.7 Å². The molecular formula is C22H27N5O3S. The van der Waals surface area contributed by atoms with Gasteiger partial charge in [0, 0.05) is 45.1 Å². The van der Waals surface area contributed by atoms with Crippen LogP contribution in [0.2, 0.25) is 0 Å². The van der Waals surface area contributed by atoms with E-state index >= 15 is 0 Å². The summed E-state index contributed by atoms with van der Waals surface area (Å²) in [4.78, 5) is 26.0. The second-order valence-electron chi connectivity index (χ2n) is 8.63. The molecule has 1 aliphatic carbocycles. The van der Waals surface area contributed by atoms with Gasteiger partial charge in [-0.25, -0.2) is 18.4 Å². The van der Waals surface area contributed by atoms with Crippen LogP contribution < -0.4 is 9.21 Å². The average Bonchev–Trinajstić information content (AvgIpc) is 3.56. The number of pyridine rings is 2. The Hall–Kier alpha value is -2.68. The Morgan fingerprint density at radius 3 is 2.42 bits per heavy atom. The van der Waals surface area contributed by atoms with E-state index in [0.29, 0.717) is 43.4 Å². The second kappa shape index (κ2) is 7.78. The molecule has 1 saturated carbocycles. The van der Waals surface area contributed by atoms with Gasteiger partial charge in [-0.3, -0.25) is 9.10 Å². The lowest BCUT2D eigenvalue weighted by Gasteiger charge is -2.36. The molecular weight excluding hydrogens is 414 g/mol. The van der Waals surface area contributed by atoms with Crippen molar-refractivity contribution in [2.75, 3.05) is 47.7 Å². The third-order valence-corrected chi connectivity index (χ3v) is 8.11. The molecule has 164 valence electrons. The Balaban J connectivity index is 1.24. The van der Waals surface area contributed by atoms with Gasteiger partial charge in [0.2, 0.25) is 10.0 Å². The Morgan fingerprint density at radius 1 is 1.03 bits per heavy atom. The number of amides is 1. The molecule has 4 heterocycles. The van der Waals surface area contributed by atoms with Gasteiger partial charge < -0.3 is 9.80 Å². The Labute approximate surface area is 182 Å². The molecule has 2 aromatic heterocycles. The van der Waals surface area contributed by atoms with Gasteiger partial charge >= 0.3 is 0 Å². The highest BCUT2D eigenvalue weighted by atomic mass is 32.2. The van der Waals surface area contributed by atoms with E-state index in [0.717, 1.165) is 18.9 Å². The van der Waals surface area contributed by atoms with Crippen LogP contribution in [0.5, 0.6) is 0 Å². The zero-order chi connectivity index (χ0) is 21.6. The Morgan fingerprint density at radius 2 is 1.81 bits per heavy atom. The van der Waals surface area contributed by atoms with Gasteiger partial charge in [0.25, 0.3) is 5.91 Å². The standard InChI is InChI=1S/C22H27N5O3S/c1-16-13-19(17-3-4-17)21(24-14-16)25-8-10-26(11-9-25)22(28)18-5-6-20(23-15-18)27-7-2-12-31(27,29)30/h5-6,13-15,17H,2-4,7-12H2,1H3. The zero-order valence-corrected chi connectivity index (χ0v) is 18.5. The van der Waals surface area contributed by atoms with E-state index in [4.69, 9.17) is 4.98 Å². The quantitative estimate of drug-likeness (QED) is 0.723. The number of nitrogens with zero attached hydrogens (tertiary/aromatic N) is 5.